The van der Waals surface area contributed by atoms with Crippen LogP contribution in [0.3, 0.4) is 0 Å². The fourth-order valence-corrected chi connectivity index (χ4v) is 3.41. The molecule has 0 bridgehead atoms. The van der Waals surface area contributed by atoms with Gasteiger partial charge < -0.3 is 9.64 Å². The lowest BCUT2D eigenvalue weighted by Gasteiger charge is -2.26. The quantitative estimate of drug-likeness (QED) is 0.703. The number of rotatable bonds is 5. The largest absolute Gasteiger partial charge is 0.378 e. The molecule has 1 aliphatic rings. The third-order valence-corrected chi connectivity index (χ3v) is 4.93. The molecule has 0 aliphatic carbocycles. The summed E-state index contributed by atoms with van der Waals surface area (Å²) < 4.78 is 7.66. The number of hydrogen-bond acceptors (Lipinski definition) is 6. The van der Waals surface area contributed by atoms with Gasteiger partial charge in [-0.25, -0.2) is 9.97 Å². The lowest BCUT2D eigenvalue weighted by atomic mass is 10.1. The minimum absolute atomic E-state index is 0.358. The summed E-state index contributed by atoms with van der Waals surface area (Å²) >= 11 is 0. The van der Waals surface area contributed by atoms with Crippen molar-refractivity contribution in [3.63, 3.8) is 0 Å². The minimum Gasteiger partial charge on any atom is -0.378 e. The number of aryl methyl sites for hydroxylation is 1. The third kappa shape index (κ3) is 3.39. The first-order chi connectivity index (χ1) is 12.7. The molecule has 1 unspecified atom stereocenters. The maximum absolute atomic E-state index is 5.87. The molecule has 136 valence electrons. The van der Waals surface area contributed by atoms with E-state index in [1.165, 1.54) is 12.8 Å². The summed E-state index contributed by atoms with van der Waals surface area (Å²) in [5, 5.41) is 5.34. The Morgan fingerprint density at radius 3 is 2.85 bits per heavy atom. The van der Waals surface area contributed by atoms with Gasteiger partial charge >= 0.3 is 0 Å². The lowest BCUT2D eigenvalue weighted by Crippen LogP contribution is -2.27. The first-order valence-corrected chi connectivity index (χ1v) is 9.15. The lowest BCUT2D eigenvalue weighted by molar-refractivity contribution is 0.0127. The zero-order valence-corrected chi connectivity index (χ0v) is 15.3. The van der Waals surface area contributed by atoms with Crippen LogP contribution in [0.1, 0.15) is 25.7 Å². The molecule has 1 saturated heterocycles. The van der Waals surface area contributed by atoms with Crippen molar-refractivity contribution in [1.82, 2.24) is 24.7 Å². The molecule has 0 radical (unpaired) electrons. The topological polar surface area (TPSA) is 69.0 Å². The van der Waals surface area contributed by atoms with Crippen LogP contribution in [-0.2, 0) is 11.8 Å². The van der Waals surface area contributed by atoms with E-state index in [-0.39, 0.29) is 0 Å². The van der Waals surface area contributed by atoms with E-state index in [0.29, 0.717) is 11.9 Å². The van der Waals surface area contributed by atoms with Crippen LogP contribution in [-0.4, -0.2) is 51.0 Å². The Hall–Kier alpha value is -2.54. The molecule has 1 fully saturated rings. The van der Waals surface area contributed by atoms with E-state index < -0.39 is 0 Å². The third-order valence-electron chi connectivity index (χ3n) is 4.93. The number of nitrogens with zero attached hydrogens (tertiary/aromatic N) is 6. The van der Waals surface area contributed by atoms with Crippen molar-refractivity contribution in [3.8, 4) is 11.4 Å². The molecule has 0 aromatic carbocycles. The fraction of sp³-hybridized carbons (Fsp3) is 0.474. The van der Waals surface area contributed by atoms with E-state index in [4.69, 9.17) is 14.7 Å². The van der Waals surface area contributed by atoms with Crippen LogP contribution in [0.15, 0.2) is 30.7 Å². The SMILES string of the molecule is CN(CCC1CCCCO1)c1nc(-c2ccncc2)nc2c1cnn2C. The molecule has 1 atom stereocenters. The van der Waals surface area contributed by atoms with Gasteiger partial charge in [-0.2, -0.15) is 5.10 Å². The maximum atomic E-state index is 5.87. The van der Waals surface area contributed by atoms with E-state index in [2.05, 4.69) is 22.0 Å². The molecule has 7 nitrogen and oxygen atoms in total. The molecule has 3 aromatic rings. The van der Waals surface area contributed by atoms with Gasteiger partial charge in [-0.3, -0.25) is 9.67 Å². The second kappa shape index (κ2) is 7.37. The van der Waals surface area contributed by atoms with Gasteiger partial charge in [0.25, 0.3) is 0 Å². The Balaban J connectivity index is 1.64. The molecule has 0 N–H and O–H groups in total. The van der Waals surface area contributed by atoms with E-state index >= 15 is 0 Å². The number of hydrogen-bond donors (Lipinski definition) is 0. The molecule has 26 heavy (non-hydrogen) atoms. The summed E-state index contributed by atoms with van der Waals surface area (Å²) in [6.07, 6.45) is 10.3. The molecule has 3 aromatic heterocycles. The molecule has 4 rings (SSSR count). The van der Waals surface area contributed by atoms with Crippen LogP contribution in [0, 0.1) is 0 Å². The van der Waals surface area contributed by atoms with Gasteiger partial charge in [0.2, 0.25) is 0 Å². The van der Waals surface area contributed by atoms with Crippen molar-refractivity contribution < 1.29 is 4.74 Å². The van der Waals surface area contributed by atoms with Crippen LogP contribution < -0.4 is 4.90 Å². The molecule has 4 heterocycles. The Morgan fingerprint density at radius 2 is 2.08 bits per heavy atom. The molecular formula is C19H24N6O. The summed E-state index contributed by atoms with van der Waals surface area (Å²) in [5.41, 5.74) is 1.79. The number of anilines is 1. The van der Waals surface area contributed by atoms with E-state index in [0.717, 1.165) is 48.4 Å². The zero-order chi connectivity index (χ0) is 17.9. The van der Waals surface area contributed by atoms with Crippen LogP contribution in [0.4, 0.5) is 5.82 Å². The highest BCUT2D eigenvalue weighted by molar-refractivity contribution is 5.88. The van der Waals surface area contributed by atoms with Crippen LogP contribution in [0.5, 0.6) is 0 Å². The second-order valence-corrected chi connectivity index (χ2v) is 6.81. The Kier molecular flexibility index (Phi) is 4.79. The highest BCUT2D eigenvalue weighted by Crippen LogP contribution is 2.27. The van der Waals surface area contributed by atoms with Gasteiger partial charge in [0, 0.05) is 45.2 Å². The zero-order valence-electron chi connectivity index (χ0n) is 15.3. The van der Waals surface area contributed by atoms with Crippen molar-refractivity contribution in [1.29, 1.82) is 0 Å². The molecule has 1 aliphatic heterocycles. The first kappa shape index (κ1) is 16.9. The van der Waals surface area contributed by atoms with Gasteiger partial charge in [-0.15, -0.1) is 0 Å². The standard InChI is InChI=1S/C19H24N6O/c1-24(11-8-15-5-3-4-12-26-15)18-16-13-21-25(2)19(16)23-17(22-18)14-6-9-20-10-7-14/h6-7,9-10,13,15H,3-5,8,11-12H2,1-2H3. The van der Waals surface area contributed by atoms with Crippen molar-refractivity contribution in [3.05, 3.63) is 30.7 Å². The summed E-state index contributed by atoms with van der Waals surface area (Å²) in [4.78, 5) is 15.8. The maximum Gasteiger partial charge on any atom is 0.164 e. The molecule has 0 spiro atoms. The smallest absolute Gasteiger partial charge is 0.164 e. The van der Waals surface area contributed by atoms with Gasteiger partial charge in [-0.05, 0) is 37.8 Å². The summed E-state index contributed by atoms with van der Waals surface area (Å²) in [6.45, 7) is 1.78. The highest BCUT2D eigenvalue weighted by atomic mass is 16.5. The van der Waals surface area contributed by atoms with Crippen LogP contribution >= 0.6 is 0 Å². The van der Waals surface area contributed by atoms with E-state index in [1.807, 2.05) is 25.4 Å². The molecular weight excluding hydrogens is 328 g/mol. The molecule has 0 amide bonds. The average molecular weight is 352 g/mol. The monoisotopic (exact) mass is 352 g/mol. The van der Waals surface area contributed by atoms with Gasteiger partial charge in [0.15, 0.2) is 11.5 Å². The second-order valence-electron chi connectivity index (χ2n) is 6.81. The van der Waals surface area contributed by atoms with Crippen LogP contribution in [0.2, 0.25) is 0 Å². The number of aromatic nitrogens is 5. The van der Waals surface area contributed by atoms with Gasteiger partial charge in [0.05, 0.1) is 17.7 Å². The number of fused-ring (bicyclic) bond motifs is 1. The average Bonchev–Trinajstić information content (AvgIpc) is 3.08. The number of ether oxygens (including phenoxy) is 1. The highest BCUT2D eigenvalue weighted by Gasteiger charge is 2.18. The van der Waals surface area contributed by atoms with Crippen LogP contribution in [0.25, 0.3) is 22.4 Å². The predicted octanol–water partition coefficient (Wildman–Crippen LogP) is 2.82. The normalized spacial score (nSPS) is 17.5. The molecule has 0 saturated carbocycles. The van der Waals surface area contributed by atoms with Crippen molar-refractivity contribution in [2.24, 2.45) is 7.05 Å². The Morgan fingerprint density at radius 1 is 1.23 bits per heavy atom. The van der Waals surface area contributed by atoms with Gasteiger partial charge in [0.1, 0.15) is 5.82 Å². The van der Waals surface area contributed by atoms with Crippen molar-refractivity contribution in [2.75, 3.05) is 25.1 Å². The van der Waals surface area contributed by atoms with Crippen molar-refractivity contribution in [2.45, 2.75) is 31.8 Å². The van der Waals surface area contributed by atoms with Crippen molar-refractivity contribution >= 4 is 16.9 Å². The summed E-state index contributed by atoms with van der Waals surface area (Å²) in [7, 11) is 3.99. The molecule has 7 heteroatoms. The van der Waals surface area contributed by atoms with E-state index in [9.17, 15) is 0 Å². The fourth-order valence-electron chi connectivity index (χ4n) is 3.41. The summed E-state index contributed by atoms with van der Waals surface area (Å²) in [5.74, 6) is 1.60. The Bertz CT molecular complexity index is 872. The first-order valence-electron chi connectivity index (χ1n) is 9.15. The van der Waals surface area contributed by atoms with E-state index in [1.54, 1.807) is 17.1 Å². The number of pyridine rings is 1. The minimum atomic E-state index is 0.358. The Labute approximate surface area is 153 Å². The summed E-state index contributed by atoms with van der Waals surface area (Å²) in [6, 6.07) is 3.86. The predicted molar refractivity (Wildman–Crippen MR) is 101 cm³/mol. The van der Waals surface area contributed by atoms with Gasteiger partial charge in [-0.1, -0.05) is 0 Å².